The first-order valence-corrected chi connectivity index (χ1v) is 7.89. The van der Waals surface area contributed by atoms with Gasteiger partial charge in [-0.2, -0.15) is 0 Å². The van der Waals surface area contributed by atoms with Gasteiger partial charge in [0.2, 0.25) is 11.6 Å². The van der Waals surface area contributed by atoms with Gasteiger partial charge in [0.25, 0.3) is 0 Å². The summed E-state index contributed by atoms with van der Waals surface area (Å²) in [4.78, 5) is 24.1. The molecule has 0 spiro atoms. The highest BCUT2D eigenvalue weighted by Gasteiger charge is 2.60. The van der Waals surface area contributed by atoms with Crippen LogP contribution in [0.4, 0.5) is 0 Å². The largest absolute Gasteiger partial charge is 0.458 e. The molecular formula is C17H24O8. The van der Waals surface area contributed by atoms with Crippen LogP contribution in [0.3, 0.4) is 0 Å². The summed E-state index contributed by atoms with van der Waals surface area (Å²) in [6.07, 6.45) is 0.867. The van der Waals surface area contributed by atoms with Gasteiger partial charge in [0.05, 0.1) is 0 Å². The average molecular weight is 356 g/mol. The van der Waals surface area contributed by atoms with Crippen molar-refractivity contribution in [3.63, 3.8) is 0 Å². The van der Waals surface area contributed by atoms with Crippen molar-refractivity contribution in [3.8, 4) is 0 Å². The number of carbonyl (C=O) groups is 2. The van der Waals surface area contributed by atoms with E-state index in [1.165, 1.54) is 32.4 Å². The van der Waals surface area contributed by atoms with Gasteiger partial charge in [-0.1, -0.05) is 6.08 Å². The van der Waals surface area contributed by atoms with Crippen molar-refractivity contribution in [2.24, 2.45) is 0 Å². The summed E-state index contributed by atoms with van der Waals surface area (Å²) in [7, 11) is 2.82. The Morgan fingerprint density at radius 1 is 1.28 bits per heavy atom. The predicted molar refractivity (Wildman–Crippen MR) is 85.4 cm³/mol. The summed E-state index contributed by atoms with van der Waals surface area (Å²) in [5, 5.41) is 10.3. The molecule has 0 aromatic carbocycles. The standard InChI is InChI=1S/C17H24O8/c1-6-7-12(19)23-9-10-8-11(18)14-15(13(10)20)25-17(3,22-5)16(2,21-4)24-14/h6-8,11,14-15,18H,9H2,1-5H3/b7-6+/t11?,14-,15-,16?,17+/m1/s1. The summed E-state index contributed by atoms with van der Waals surface area (Å²) in [5.41, 5.74) is 0.134. The number of hydrogen-bond acceptors (Lipinski definition) is 8. The van der Waals surface area contributed by atoms with Gasteiger partial charge in [-0.05, 0) is 26.8 Å². The van der Waals surface area contributed by atoms with Crippen molar-refractivity contribution in [2.45, 2.75) is 50.7 Å². The Morgan fingerprint density at radius 2 is 1.88 bits per heavy atom. The molecule has 1 aliphatic carbocycles. The molecule has 1 saturated heterocycles. The highest BCUT2D eigenvalue weighted by Crippen LogP contribution is 2.42. The molecule has 0 amide bonds. The first kappa shape index (κ1) is 19.7. The van der Waals surface area contributed by atoms with E-state index in [2.05, 4.69) is 0 Å². The zero-order valence-corrected chi connectivity index (χ0v) is 15.0. The second kappa shape index (κ2) is 7.35. The maximum absolute atomic E-state index is 12.7. The number of fused-ring (bicyclic) bond motifs is 1. The summed E-state index contributed by atoms with van der Waals surface area (Å²) in [5.74, 6) is -3.72. The van der Waals surface area contributed by atoms with Crippen LogP contribution in [0.15, 0.2) is 23.8 Å². The second-order valence-corrected chi connectivity index (χ2v) is 6.08. The Hall–Kier alpha value is -1.58. The molecule has 5 atom stereocenters. The maximum atomic E-state index is 12.7. The SMILES string of the molecule is C/C=C/C(=O)OCC1=CC(O)[C@H]2OC(C)(OC)[C@@](C)(OC)O[C@@H]2C1=O. The Kier molecular flexibility index (Phi) is 5.80. The summed E-state index contributed by atoms with van der Waals surface area (Å²) in [6, 6.07) is 0. The van der Waals surface area contributed by atoms with Gasteiger partial charge in [0.1, 0.15) is 18.8 Å². The monoisotopic (exact) mass is 356 g/mol. The number of aliphatic hydroxyl groups excluding tert-OH is 1. The lowest BCUT2D eigenvalue weighted by Crippen LogP contribution is -2.69. The number of allylic oxidation sites excluding steroid dienone is 1. The van der Waals surface area contributed by atoms with Crippen LogP contribution in [0.1, 0.15) is 20.8 Å². The zero-order chi connectivity index (χ0) is 18.8. The van der Waals surface area contributed by atoms with Gasteiger partial charge >= 0.3 is 5.97 Å². The minimum absolute atomic E-state index is 0.134. The highest BCUT2D eigenvalue weighted by molar-refractivity contribution is 6.01. The van der Waals surface area contributed by atoms with Gasteiger partial charge in [-0.15, -0.1) is 0 Å². The Bertz CT molecular complexity index is 597. The van der Waals surface area contributed by atoms with Gasteiger partial charge in [0.15, 0.2) is 11.9 Å². The number of aliphatic hydroxyl groups is 1. The van der Waals surface area contributed by atoms with Crippen molar-refractivity contribution < 1.29 is 38.4 Å². The number of hydrogen-bond donors (Lipinski definition) is 1. The third-order valence-corrected chi connectivity index (χ3v) is 4.57. The molecule has 8 heteroatoms. The lowest BCUT2D eigenvalue weighted by molar-refractivity contribution is -0.446. The number of Topliss-reactive ketones (excluding diaryl/α,β-unsaturated/α-hetero) is 1. The van der Waals surface area contributed by atoms with Crippen LogP contribution in [0.25, 0.3) is 0 Å². The second-order valence-electron chi connectivity index (χ2n) is 6.08. The van der Waals surface area contributed by atoms with Crippen LogP contribution in [0.5, 0.6) is 0 Å². The van der Waals surface area contributed by atoms with Crippen LogP contribution in [0.2, 0.25) is 0 Å². The van der Waals surface area contributed by atoms with E-state index in [0.29, 0.717) is 0 Å². The van der Waals surface area contributed by atoms with Crippen molar-refractivity contribution >= 4 is 11.8 Å². The molecule has 0 radical (unpaired) electrons. The van der Waals surface area contributed by atoms with Crippen LogP contribution in [0, 0.1) is 0 Å². The smallest absolute Gasteiger partial charge is 0.330 e. The molecule has 0 aromatic heterocycles. The van der Waals surface area contributed by atoms with Crippen molar-refractivity contribution in [1.29, 1.82) is 0 Å². The lowest BCUT2D eigenvalue weighted by Gasteiger charge is -2.53. The van der Waals surface area contributed by atoms with Gasteiger partial charge in [-0.3, -0.25) is 4.79 Å². The van der Waals surface area contributed by atoms with E-state index in [4.69, 9.17) is 23.7 Å². The molecule has 25 heavy (non-hydrogen) atoms. The third kappa shape index (κ3) is 3.54. The fraction of sp³-hybridized carbons (Fsp3) is 0.647. The van der Waals surface area contributed by atoms with Gasteiger partial charge < -0.3 is 28.8 Å². The van der Waals surface area contributed by atoms with Crippen molar-refractivity contribution in [3.05, 3.63) is 23.8 Å². The average Bonchev–Trinajstić information content (AvgIpc) is 2.59. The Labute approximate surface area is 146 Å². The summed E-state index contributed by atoms with van der Waals surface area (Å²) < 4.78 is 27.3. The topological polar surface area (TPSA) is 101 Å². The molecule has 0 aromatic rings. The first-order chi connectivity index (χ1) is 11.7. The fourth-order valence-corrected chi connectivity index (χ4v) is 2.78. The first-order valence-electron chi connectivity index (χ1n) is 7.89. The minimum Gasteiger partial charge on any atom is -0.458 e. The summed E-state index contributed by atoms with van der Waals surface area (Å²) in [6.45, 7) is 4.58. The number of carbonyl (C=O) groups excluding carboxylic acids is 2. The number of esters is 1. The Morgan fingerprint density at radius 3 is 2.44 bits per heavy atom. The minimum atomic E-state index is -1.37. The highest BCUT2D eigenvalue weighted by atomic mass is 16.8. The van der Waals surface area contributed by atoms with Crippen LogP contribution in [-0.4, -0.2) is 67.6 Å². The molecule has 2 unspecified atom stereocenters. The third-order valence-electron chi connectivity index (χ3n) is 4.57. The van der Waals surface area contributed by atoms with Crippen molar-refractivity contribution in [2.75, 3.05) is 20.8 Å². The molecule has 1 aliphatic heterocycles. The van der Waals surface area contributed by atoms with E-state index in [1.807, 2.05) is 0 Å². The lowest BCUT2D eigenvalue weighted by atomic mass is 9.88. The number of ether oxygens (including phenoxy) is 5. The molecule has 0 saturated carbocycles. The van der Waals surface area contributed by atoms with E-state index >= 15 is 0 Å². The van der Waals surface area contributed by atoms with Crippen molar-refractivity contribution in [1.82, 2.24) is 0 Å². The Balaban J connectivity index is 2.24. The summed E-state index contributed by atoms with van der Waals surface area (Å²) >= 11 is 0. The zero-order valence-electron chi connectivity index (χ0n) is 15.0. The maximum Gasteiger partial charge on any atom is 0.330 e. The molecule has 2 aliphatic rings. The molecule has 1 fully saturated rings. The predicted octanol–water partition coefficient (Wildman–Crippen LogP) is 0.485. The molecule has 1 heterocycles. The number of rotatable bonds is 5. The van der Waals surface area contributed by atoms with E-state index < -0.39 is 41.6 Å². The van der Waals surface area contributed by atoms with E-state index in [9.17, 15) is 14.7 Å². The molecular weight excluding hydrogens is 332 g/mol. The van der Waals surface area contributed by atoms with Crippen LogP contribution < -0.4 is 0 Å². The number of methoxy groups -OCH3 is 2. The fourth-order valence-electron chi connectivity index (χ4n) is 2.78. The van der Waals surface area contributed by atoms with Crippen LogP contribution >= 0.6 is 0 Å². The van der Waals surface area contributed by atoms with E-state index in [0.717, 1.165) is 0 Å². The molecule has 0 bridgehead atoms. The van der Waals surface area contributed by atoms with E-state index in [-0.39, 0.29) is 12.2 Å². The van der Waals surface area contributed by atoms with Gasteiger partial charge in [0, 0.05) is 25.9 Å². The molecule has 2 rings (SSSR count). The molecule has 1 N–H and O–H groups in total. The molecule has 140 valence electrons. The normalized spacial score (nSPS) is 38.4. The quantitative estimate of drug-likeness (QED) is 0.561. The molecule has 8 nitrogen and oxygen atoms in total. The van der Waals surface area contributed by atoms with E-state index in [1.54, 1.807) is 20.8 Å². The number of ketones is 1. The van der Waals surface area contributed by atoms with Crippen LogP contribution in [-0.2, 0) is 33.3 Å². The van der Waals surface area contributed by atoms with Gasteiger partial charge in [-0.25, -0.2) is 4.79 Å².